The van der Waals surface area contributed by atoms with E-state index in [1.807, 2.05) is 60.0 Å². The third-order valence-corrected chi connectivity index (χ3v) is 8.71. The van der Waals surface area contributed by atoms with Crippen molar-refractivity contribution >= 4 is 21.4 Å². The molecule has 0 spiro atoms. The molecule has 3 aromatic heterocycles. The molecule has 0 amide bonds. The molecule has 0 bridgehead atoms. The van der Waals surface area contributed by atoms with Crippen LogP contribution in [0.25, 0.3) is 54.2 Å². The minimum absolute atomic E-state index is 0. The molecule has 0 unspecified atom stereocenters. The number of rotatable bonds is 5. The third-order valence-electron chi connectivity index (χ3n) is 7.45. The summed E-state index contributed by atoms with van der Waals surface area (Å²) in [7, 11) is 0. The third kappa shape index (κ3) is 6.95. The molecule has 3 heterocycles. The van der Waals surface area contributed by atoms with Gasteiger partial charge < -0.3 is 9.97 Å². The average Bonchev–Trinajstić information content (AvgIpc) is 3.42. The first kappa shape index (κ1) is 31.2. The van der Waals surface area contributed by atoms with Gasteiger partial charge in [-0.2, -0.15) is 11.3 Å². The van der Waals surface area contributed by atoms with E-state index in [0.717, 1.165) is 22.5 Å². The van der Waals surface area contributed by atoms with Gasteiger partial charge in [-0.3, -0.25) is 0 Å². The van der Waals surface area contributed by atoms with E-state index >= 15 is 0 Å². The Morgan fingerprint density at radius 2 is 1.34 bits per heavy atom. The molecule has 0 aliphatic rings. The average molecular weight is 765 g/mol. The molecule has 7 aromatic rings. The second-order valence-corrected chi connectivity index (χ2v) is 11.7. The van der Waals surface area contributed by atoms with Gasteiger partial charge in [0, 0.05) is 37.4 Å². The summed E-state index contributed by atoms with van der Waals surface area (Å²) in [5, 5.41) is 1.29. The molecular weight excluding hydrogens is 733 g/mol. The first-order valence-electron chi connectivity index (χ1n) is 14.5. The molecule has 4 heteroatoms. The Labute approximate surface area is 277 Å². The van der Waals surface area contributed by atoms with E-state index in [1.165, 1.54) is 42.8 Å². The molecule has 44 heavy (non-hydrogen) atoms. The second kappa shape index (κ2) is 14.5. The van der Waals surface area contributed by atoms with Crippen LogP contribution in [0.4, 0.5) is 0 Å². The minimum atomic E-state index is 0. The van der Waals surface area contributed by atoms with Crippen molar-refractivity contribution in [2.45, 2.75) is 26.7 Å². The van der Waals surface area contributed by atoms with Gasteiger partial charge in [-0.05, 0) is 52.2 Å². The number of hydrogen-bond acceptors (Lipinski definition) is 3. The van der Waals surface area contributed by atoms with E-state index in [9.17, 15) is 0 Å². The topological polar surface area (TPSA) is 25.8 Å². The zero-order chi connectivity index (χ0) is 29.6. The summed E-state index contributed by atoms with van der Waals surface area (Å²) < 4.78 is 1.18. The van der Waals surface area contributed by atoms with Crippen LogP contribution >= 0.6 is 11.3 Å². The van der Waals surface area contributed by atoms with Gasteiger partial charge in [0.1, 0.15) is 0 Å². The van der Waals surface area contributed by atoms with Gasteiger partial charge >= 0.3 is 0 Å². The summed E-state index contributed by atoms with van der Waals surface area (Å²) in [4.78, 5) is 10.2. The maximum absolute atomic E-state index is 4.69. The van der Waals surface area contributed by atoms with Crippen molar-refractivity contribution in [2.75, 3.05) is 0 Å². The van der Waals surface area contributed by atoms with E-state index in [0.29, 0.717) is 5.92 Å². The summed E-state index contributed by atoms with van der Waals surface area (Å²) in [6.07, 6.45) is 3.70. The van der Waals surface area contributed by atoms with Crippen LogP contribution < -0.4 is 0 Å². The monoisotopic (exact) mass is 765 g/mol. The van der Waals surface area contributed by atoms with E-state index in [2.05, 4.69) is 117 Å². The molecule has 0 saturated heterocycles. The standard InChI is InChI=1S/C29H24NS.C11H8N.Ir/c1-19(2)23-14-15-30-26(17-23)24-16-25(21-10-6-4-7-11-21)28-20(3)29(31-27(28)18-24)22-12-8-5-9-13-22;1-2-6-10(7-3-1)11-8-4-5-9-12-11;/h4-17,19H,1-3H3;1-6,8-9H;/q2*-1;. The quantitative estimate of drug-likeness (QED) is 0.163. The summed E-state index contributed by atoms with van der Waals surface area (Å²) in [5.41, 5.74) is 10.4. The fraction of sp³-hybridized carbons (Fsp3) is 0.100. The Morgan fingerprint density at radius 1 is 0.659 bits per heavy atom. The second-order valence-electron chi connectivity index (χ2n) is 10.7. The molecule has 0 atom stereocenters. The van der Waals surface area contributed by atoms with Gasteiger partial charge in [-0.15, -0.1) is 53.6 Å². The molecule has 0 fully saturated rings. The van der Waals surface area contributed by atoms with Crippen LogP contribution in [-0.4, -0.2) is 9.97 Å². The Morgan fingerprint density at radius 3 is 2.00 bits per heavy atom. The molecule has 2 nitrogen and oxygen atoms in total. The van der Waals surface area contributed by atoms with Crippen molar-refractivity contribution in [3.63, 3.8) is 0 Å². The Hall–Kier alpha value is -4.21. The summed E-state index contributed by atoms with van der Waals surface area (Å²) >= 11 is 1.82. The smallest absolute Gasteiger partial charge is 0.0276 e. The van der Waals surface area contributed by atoms with Gasteiger partial charge in [0.05, 0.1) is 0 Å². The number of aromatic nitrogens is 2. The van der Waals surface area contributed by atoms with Crippen LogP contribution in [0.15, 0.2) is 134 Å². The number of aryl methyl sites for hydroxylation is 1. The zero-order valence-electron chi connectivity index (χ0n) is 24.9. The van der Waals surface area contributed by atoms with Crippen molar-refractivity contribution in [1.82, 2.24) is 9.97 Å². The van der Waals surface area contributed by atoms with Gasteiger partial charge in [-0.1, -0.05) is 115 Å². The Kier molecular flexibility index (Phi) is 10.3. The van der Waals surface area contributed by atoms with Gasteiger partial charge in [0.2, 0.25) is 0 Å². The SMILES string of the molecule is Cc1c(-c2ccccc2)sc2[c-]c(-c3cc(C(C)C)ccn3)cc(-c3ccccc3)c12.[Ir].[c-]1ccccc1-c1ccccn1. The van der Waals surface area contributed by atoms with Crippen molar-refractivity contribution in [3.05, 3.63) is 157 Å². The molecule has 219 valence electrons. The first-order chi connectivity index (χ1) is 21.1. The zero-order valence-corrected chi connectivity index (χ0v) is 28.1. The summed E-state index contributed by atoms with van der Waals surface area (Å²) in [5.74, 6) is 0.466. The van der Waals surface area contributed by atoms with Crippen molar-refractivity contribution in [1.29, 1.82) is 0 Å². The minimum Gasteiger partial charge on any atom is -0.305 e. The number of benzene rings is 4. The molecule has 0 aliphatic carbocycles. The fourth-order valence-corrected chi connectivity index (χ4v) is 6.42. The molecule has 1 radical (unpaired) electrons. The van der Waals surface area contributed by atoms with Crippen LogP contribution in [0.1, 0.15) is 30.9 Å². The maximum Gasteiger partial charge on any atom is 0.0276 e. The fourth-order valence-electron chi connectivity index (χ4n) is 5.18. The van der Waals surface area contributed by atoms with Crippen molar-refractivity contribution in [2.24, 2.45) is 0 Å². The number of hydrogen-bond donors (Lipinski definition) is 0. The van der Waals surface area contributed by atoms with E-state index in [4.69, 9.17) is 4.98 Å². The molecule has 0 N–H and O–H groups in total. The summed E-state index contributed by atoms with van der Waals surface area (Å²) in [6.45, 7) is 6.67. The van der Waals surface area contributed by atoms with Crippen LogP contribution in [0, 0.1) is 19.1 Å². The van der Waals surface area contributed by atoms with Gasteiger partial charge in [0.25, 0.3) is 0 Å². The van der Waals surface area contributed by atoms with E-state index < -0.39 is 0 Å². The van der Waals surface area contributed by atoms with Gasteiger partial charge in [-0.25, -0.2) is 0 Å². The van der Waals surface area contributed by atoms with Crippen LogP contribution in [0.5, 0.6) is 0 Å². The summed E-state index contributed by atoms with van der Waals surface area (Å²) in [6, 6.07) is 48.4. The van der Waals surface area contributed by atoms with E-state index in [1.54, 1.807) is 6.20 Å². The maximum atomic E-state index is 4.69. The number of pyridine rings is 2. The number of fused-ring (bicyclic) bond motifs is 1. The van der Waals surface area contributed by atoms with Crippen molar-refractivity contribution < 1.29 is 20.1 Å². The van der Waals surface area contributed by atoms with Crippen LogP contribution in [0.3, 0.4) is 0 Å². The molecular formula is C40H32IrN2S-2. The predicted octanol–water partition coefficient (Wildman–Crippen LogP) is 11.1. The number of nitrogens with zero attached hydrogens (tertiary/aromatic N) is 2. The molecule has 0 aliphatic heterocycles. The molecule has 7 rings (SSSR count). The Bertz CT molecular complexity index is 1900. The largest absolute Gasteiger partial charge is 0.305 e. The Balaban J connectivity index is 0.000000248. The van der Waals surface area contributed by atoms with Crippen LogP contribution in [-0.2, 0) is 20.1 Å². The van der Waals surface area contributed by atoms with Crippen LogP contribution in [0.2, 0.25) is 0 Å². The van der Waals surface area contributed by atoms with Gasteiger partial charge in [0.15, 0.2) is 0 Å². The molecule has 0 saturated carbocycles. The first-order valence-corrected chi connectivity index (χ1v) is 15.3. The number of thiophene rings is 1. The van der Waals surface area contributed by atoms with E-state index in [-0.39, 0.29) is 20.1 Å². The normalized spacial score (nSPS) is 10.6. The predicted molar refractivity (Wildman–Crippen MR) is 182 cm³/mol. The van der Waals surface area contributed by atoms with Crippen molar-refractivity contribution in [3.8, 4) is 44.1 Å². The molecule has 4 aromatic carbocycles.